The minimum atomic E-state index is 0.201. The Balaban J connectivity index is 2.21. The molecule has 0 aliphatic heterocycles. The van der Waals surface area contributed by atoms with Crippen molar-refractivity contribution in [3.05, 3.63) is 41.2 Å². The highest BCUT2D eigenvalue weighted by Crippen LogP contribution is 2.36. The summed E-state index contributed by atoms with van der Waals surface area (Å²) in [5, 5.41) is 10.7. The van der Waals surface area contributed by atoms with Crippen LogP contribution in [0.2, 0.25) is 0 Å². The molecule has 0 bridgehead atoms. The molecule has 0 unspecified atom stereocenters. The standard InChI is InChI=1S/C24H33N3O2/c1-7-16(11-12-28)20-14-27(5)23-19(20)13-17(8-2)22(26-23)18-9-10-21(15(3)4)25-24(18)29-6/h9-10,13-16,28H,7-8,11-12H2,1-6H3/t16-/m0/s1. The Morgan fingerprint density at radius 1 is 1.17 bits per heavy atom. The van der Waals surface area contributed by atoms with Gasteiger partial charge < -0.3 is 14.4 Å². The van der Waals surface area contributed by atoms with Crippen molar-refractivity contribution in [1.82, 2.24) is 14.5 Å². The molecular weight excluding hydrogens is 362 g/mol. The van der Waals surface area contributed by atoms with Crippen LogP contribution in [0.4, 0.5) is 0 Å². The first kappa shape index (κ1) is 21.3. The van der Waals surface area contributed by atoms with Gasteiger partial charge in [-0.05, 0) is 60.4 Å². The predicted octanol–water partition coefficient (Wildman–Crippen LogP) is 5.21. The van der Waals surface area contributed by atoms with E-state index >= 15 is 0 Å². The summed E-state index contributed by atoms with van der Waals surface area (Å²) in [7, 11) is 3.71. The average Bonchev–Trinajstić information content (AvgIpc) is 3.05. The third kappa shape index (κ3) is 4.01. The molecular formula is C24H33N3O2. The molecule has 0 spiro atoms. The number of hydrogen-bond donors (Lipinski definition) is 1. The van der Waals surface area contributed by atoms with Crippen LogP contribution in [0.15, 0.2) is 24.4 Å². The first-order chi connectivity index (χ1) is 13.9. The summed E-state index contributed by atoms with van der Waals surface area (Å²) in [6.45, 7) is 8.79. The summed E-state index contributed by atoms with van der Waals surface area (Å²) in [6.07, 6.45) is 4.81. The molecule has 3 aromatic rings. The van der Waals surface area contributed by atoms with Crippen molar-refractivity contribution in [2.75, 3.05) is 13.7 Å². The Morgan fingerprint density at radius 2 is 1.93 bits per heavy atom. The quantitative estimate of drug-likeness (QED) is 0.569. The summed E-state index contributed by atoms with van der Waals surface area (Å²) in [6, 6.07) is 6.42. The molecule has 5 heteroatoms. The molecule has 0 fully saturated rings. The van der Waals surface area contributed by atoms with E-state index in [2.05, 4.69) is 56.7 Å². The fraction of sp³-hybridized carbons (Fsp3) is 0.500. The summed E-state index contributed by atoms with van der Waals surface area (Å²) in [4.78, 5) is 9.80. The van der Waals surface area contributed by atoms with Crippen molar-refractivity contribution >= 4 is 11.0 Å². The van der Waals surface area contributed by atoms with Crippen LogP contribution in [0.3, 0.4) is 0 Å². The van der Waals surface area contributed by atoms with Crippen molar-refractivity contribution < 1.29 is 9.84 Å². The Hall–Kier alpha value is -2.40. The molecule has 3 rings (SSSR count). The Morgan fingerprint density at radius 3 is 2.52 bits per heavy atom. The van der Waals surface area contributed by atoms with Crippen molar-refractivity contribution in [2.45, 2.75) is 58.8 Å². The lowest BCUT2D eigenvalue weighted by atomic mass is 9.92. The lowest BCUT2D eigenvalue weighted by Gasteiger charge is -2.15. The normalized spacial score (nSPS) is 12.7. The molecule has 1 atom stereocenters. The van der Waals surface area contributed by atoms with Gasteiger partial charge in [-0.3, -0.25) is 0 Å². The maximum Gasteiger partial charge on any atom is 0.222 e. The largest absolute Gasteiger partial charge is 0.480 e. The molecule has 1 N–H and O–H groups in total. The number of aliphatic hydroxyl groups excluding tert-OH is 1. The van der Waals surface area contributed by atoms with Crippen LogP contribution >= 0.6 is 0 Å². The van der Waals surface area contributed by atoms with Gasteiger partial charge in [0.1, 0.15) is 5.65 Å². The number of pyridine rings is 2. The number of aromatic nitrogens is 3. The van der Waals surface area contributed by atoms with Gasteiger partial charge in [0.05, 0.1) is 18.4 Å². The number of methoxy groups -OCH3 is 1. The van der Waals surface area contributed by atoms with Crippen molar-refractivity contribution in [3.63, 3.8) is 0 Å². The molecule has 3 heterocycles. The van der Waals surface area contributed by atoms with Gasteiger partial charge in [0, 0.05) is 30.9 Å². The van der Waals surface area contributed by atoms with Crippen LogP contribution in [-0.4, -0.2) is 33.4 Å². The van der Waals surface area contributed by atoms with Crippen molar-refractivity contribution in [2.24, 2.45) is 7.05 Å². The third-order valence-corrected chi connectivity index (χ3v) is 5.77. The van der Waals surface area contributed by atoms with E-state index in [1.165, 1.54) is 16.5 Å². The van der Waals surface area contributed by atoms with Gasteiger partial charge in [0.2, 0.25) is 5.88 Å². The van der Waals surface area contributed by atoms with Gasteiger partial charge in [-0.2, -0.15) is 0 Å². The average molecular weight is 396 g/mol. The molecule has 29 heavy (non-hydrogen) atoms. The number of nitrogens with zero attached hydrogens (tertiary/aromatic N) is 3. The molecule has 0 aliphatic rings. The maximum absolute atomic E-state index is 9.48. The van der Waals surface area contributed by atoms with E-state index < -0.39 is 0 Å². The number of ether oxygens (including phenoxy) is 1. The summed E-state index contributed by atoms with van der Waals surface area (Å²) in [5.74, 6) is 1.30. The minimum absolute atomic E-state index is 0.201. The Bertz CT molecular complexity index is 991. The highest BCUT2D eigenvalue weighted by atomic mass is 16.5. The van der Waals surface area contributed by atoms with Gasteiger partial charge >= 0.3 is 0 Å². The molecule has 5 nitrogen and oxygen atoms in total. The van der Waals surface area contributed by atoms with Crippen LogP contribution < -0.4 is 4.74 Å². The lowest BCUT2D eigenvalue weighted by Crippen LogP contribution is -2.02. The molecule has 0 saturated heterocycles. The zero-order valence-electron chi connectivity index (χ0n) is 18.5. The second-order valence-corrected chi connectivity index (χ2v) is 7.98. The summed E-state index contributed by atoms with van der Waals surface area (Å²) >= 11 is 0. The van der Waals surface area contributed by atoms with E-state index in [-0.39, 0.29) is 6.61 Å². The second kappa shape index (κ2) is 8.95. The zero-order chi connectivity index (χ0) is 21.1. The molecule has 156 valence electrons. The summed E-state index contributed by atoms with van der Waals surface area (Å²) in [5.41, 5.74) is 6.29. The van der Waals surface area contributed by atoms with E-state index in [0.717, 1.165) is 41.9 Å². The fourth-order valence-corrected chi connectivity index (χ4v) is 4.04. The zero-order valence-corrected chi connectivity index (χ0v) is 18.5. The Kier molecular flexibility index (Phi) is 6.58. The number of fused-ring (bicyclic) bond motifs is 1. The van der Waals surface area contributed by atoms with Crippen molar-refractivity contribution in [3.8, 4) is 17.1 Å². The molecule has 0 amide bonds. The lowest BCUT2D eigenvalue weighted by molar-refractivity contribution is 0.274. The molecule has 3 aromatic heterocycles. The maximum atomic E-state index is 9.48. The third-order valence-electron chi connectivity index (χ3n) is 5.77. The SMILES string of the molecule is CCc1cc2c([C@@H](CC)CCO)cn(C)c2nc1-c1ccc(C(C)C)nc1OC. The van der Waals surface area contributed by atoms with Crippen LogP contribution in [-0.2, 0) is 13.5 Å². The fourth-order valence-electron chi connectivity index (χ4n) is 4.04. The number of rotatable bonds is 8. The number of aliphatic hydroxyl groups is 1. The van der Waals surface area contributed by atoms with Crippen LogP contribution in [0.5, 0.6) is 5.88 Å². The molecule has 0 radical (unpaired) electrons. The number of hydrogen-bond acceptors (Lipinski definition) is 4. The number of aryl methyl sites for hydroxylation is 2. The van der Waals surface area contributed by atoms with Crippen LogP contribution in [0.25, 0.3) is 22.3 Å². The molecule has 0 aromatic carbocycles. The van der Waals surface area contributed by atoms with Gasteiger partial charge in [-0.15, -0.1) is 0 Å². The topological polar surface area (TPSA) is 60.2 Å². The first-order valence-electron chi connectivity index (χ1n) is 10.6. The van der Waals surface area contributed by atoms with E-state index in [4.69, 9.17) is 14.7 Å². The van der Waals surface area contributed by atoms with E-state index in [9.17, 15) is 5.11 Å². The van der Waals surface area contributed by atoms with Gasteiger partial charge in [-0.1, -0.05) is 27.7 Å². The highest BCUT2D eigenvalue weighted by molar-refractivity contribution is 5.86. The second-order valence-electron chi connectivity index (χ2n) is 7.98. The van der Waals surface area contributed by atoms with E-state index in [1.807, 2.05) is 7.05 Å². The van der Waals surface area contributed by atoms with E-state index in [1.54, 1.807) is 7.11 Å². The van der Waals surface area contributed by atoms with Crippen molar-refractivity contribution in [1.29, 1.82) is 0 Å². The Labute approximate surface area is 173 Å². The van der Waals surface area contributed by atoms with Gasteiger partial charge in [0.25, 0.3) is 0 Å². The summed E-state index contributed by atoms with van der Waals surface area (Å²) < 4.78 is 7.73. The highest BCUT2D eigenvalue weighted by Gasteiger charge is 2.21. The molecule has 0 aliphatic carbocycles. The monoisotopic (exact) mass is 395 g/mol. The molecule has 0 saturated carbocycles. The van der Waals surface area contributed by atoms with Gasteiger partial charge in [-0.25, -0.2) is 9.97 Å². The van der Waals surface area contributed by atoms with Crippen LogP contribution in [0, 0.1) is 0 Å². The first-order valence-corrected chi connectivity index (χ1v) is 10.6. The van der Waals surface area contributed by atoms with Gasteiger partial charge in [0.15, 0.2) is 0 Å². The minimum Gasteiger partial charge on any atom is -0.480 e. The predicted molar refractivity (Wildman–Crippen MR) is 119 cm³/mol. The smallest absolute Gasteiger partial charge is 0.222 e. The van der Waals surface area contributed by atoms with E-state index in [0.29, 0.717) is 17.7 Å². The van der Waals surface area contributed by atoms with Crippen LogP contribution in [0.1, 0.15) is 69.2 Å².